The van der Waals surface area contributed by atoms with Crippen molar-refractivity contribution < 1.29 is 4.52 Å². The van der Waals surface area contributed by atoms with Gasteiger partial charge in [0.1, 0.15) is 0 Å². The Morgan fingerprint density at radius 2 is 2.00 bits per heavy atom. The van der Waals surface area contributed by atoms with Gasteiger partial charge in [0, 0.05) is 9.47 Å². The molecule has 0 aromatic rings. The summed E-state index contributed by atoms with van der Waals surface area (Å²) in [6.07, 6.45) is 2.30. The highest BCUT2D eigenvalue weighted by molar-refractivity contribution is 7.09. The summed E-state index contributed by atoms with van der Waals surface area (Å²) in [5.74, 6) is 0. The molecule has 0 aliphatic rings. The average Bonchev–Trinajstić information content (AvgIpc) is 1.67. The average molecular weight is 134 g/mol. The molecule has 1 nitrogen and oxygen atoms in total. The second-order valence-corrected chi connectivity index (χ2v) is 2.86. The first-order chi connectivity index (χ1) is 3.62. The monoisotopic (exact) mass is 134 g/mol. The lowest BCUT2D eigenvalue weighted by Crippen LogP contribution is -2.18. The fraction of sp³-hybridized carbons (Fsp3) is 1.00. The van der Waals surface area contributed by atoms with Crippen LogP contribution < -0.4 is 0 Å². The Morgan fingerprint density at radius 3 is 2.12 bits per heavy atom. The van der Waals surface area contributed by atoms with Gasteiger partial charge in [-0.1, -0.05) is 13.3 Å². The standard InChI is InChI=1S/C6H15OP/c1-4-5-6(2,3)7-8/h4-5,8H2,1-3H3. The Labute approximate surface area is 54.1 Å². The van der Waals surface area contributed by atoms with Crippen molar-refractivity contribution in [2.75, 3.05) is 0 Å². The van der Waals surface area contributed by atoms with E-state index in [2.05, 4.69) is 30.2 Å². The van der Waals surface area contributed by atoms with Gasteiger partial charge in [-0.15, -0.1) is 0 Å². The third-order valence-corrected chi connectivity index (χ3v) is 1.81. The zero-order valence-electron chi connectivity index (χ0n) is 5.90. The molecule has 0 N–H and O–H groups in total. The minimum Gasteiger partial charge on any atom is -0.360 e. The van der Waals surface area contributed by atoms with Crippen molar-refractivity contribution >= 4 is 9.47 Å². The van der Waals surface area contributed by atoms with Crippen LogP contribution in [0.25, 0.3) is 0 Å². The van der Waals surface area contributed by atoms with Crippen LogP contribution in [0.1, 0.15) is 33.6 Å². The van der Waals surface area contributed by atoms with E-state index in [1.807, 2.05) is 0 Å². The third kappa shape index (κ3) is 3.40. The molecule has 2 heteroatoms. The molecule has 0 saturated carbocycles. The van der Waals surface area contributed by atoms with E-state index in [0.29, 0.717) is 0 Å². The van der Waals surface area contributed by atoms with Gasteiger partial charge in [0.25, 0.3) is 0 Å². The second kappa shape index (κ2) is 3.42. The van der Waals surface area contributed by atoms with Crippen LogP contribution in [0.5, 0.6) is 0 Å². The van der Waals surface area contributed by atoms with Crippen LogP contribution in [0.3, 0.4) is 0 Å². The summed E-state index contributed by atoms with van der Waals surface area (Å²) in [7, 11) is 2.30. The Kier molecular flexibility index (Phi) is 3.59. The molecule has 0 fully saturated rings. The van der Waals surface area contributed by atoms with Crippen LogP contribution in [0.4, 0.5) is 0 Å². The lowest BCUT2D eigenvalue weighted by Gasteiger charge is -2.20. The van der Waals surface area contributed by atoms with E-state index in [4.69, 9.17) is 4.52 Å². The fourth-order valence-corrected chi connectivity index (χ4v) is 0.779. The van der Waals surface area contributed by atoms with Crippen molar-refractivity contribution in [1.82, 2.24) is 0 Å². The van der Waals surface area contributed by atoms with Gasteiger partial charge in [-0.05, 0) is 20.3 Å². The maximum absolute atomic E-state index is 5.09. The van der Waals surface area contributed by atoms with Gasteiger partial charge in [0.2, 0.25) is 0 Å². The molecule has 1 atom stereocenters. The highest BCUT2D eigenvalue weighted by atomic mass is 31.0. The van der Waals surface area contributed by atoms with E-state index >= 15 is 0 Å². The van der Waals surface area contributed by atoms with Gasteiger partial charge in [0.05, 0.1) is 5.60 Å². The molecule has 0 saturated heterocycles. The molecular weight excluding hydrogens is 119 g/mol. The van der Waals surface area contributed by atoms with Crippen molar-refractivity contribution in [1.29, 1.82) is 0 Å². The predicted molar refractivity (Wildman–Crippen MR) is 39.8 cm³/mol. The summed E-state index contributed by atoms with van der Waals surface area (Å²) in [5.41, 5.74) is 0.0550. The van der Waals surface area contributed by atoms with Gasteiger partial charge in [0.15, 0.2) is 0 Å². The SMILES string of the molecule is CCCC(C)(C)OP. The highest BCUT2D eigenvalue weighted by Gasteiger charge is 2.13. The molecule has 0 rings (SSSR count). The Bertz CT molecular complexity index is 61.5. The van der Waals surface area contributed by atoms with Crippen LogP contribution >= 0.6 is 9.47 Å². The summed E-state index contributed by atoms with van der Waals surface area (Å²) in [6, 6.07) is 0. The van der Waals surface area contributed by atoms with Gasteiger partial charge < -0.3 is 4.52 Å². The van der Waals surface area contributed by atoms with E-state index in [9.17, 15) is 0 Å². The van der Waals surface area contributed by atoms with Crippen LogP contribution in [0, 0.1) is 0 Å². The fourth-order valence-electron chi connectivity index (χ4n) is 0.661. The molecule has 0 spiro atoms. The molecule has 0 aromatic heterocycles. The molecular formula is C6H15OP. The zero-order chi connectivity index (χ0) is 6.62. The normalized spacial score (nSPS) is 12.0. The van der Waals surface area contributed by atoms with Gasteiger partial charge in [-0.3, -0.25) is 0 Å². The van der Waals surface area contributed by atoms with E-state index in [0.717, 1.165) is 6.42 Å². The Balaban J connectivity index is 3.37. The lowest BCUT2D eigenvalue weighted by molar-refractivity contribution is 0.126. The maximum Gasteiger partial charge on any atom is 0.0662 e. The summed E-state index contributed by atoms with van der Waals surface area (Å²) in [6.45, 7) is 6.33. The summed E-state index contributed by atoms with van der Waals surface area (Å²) in [4.78, 5) is 0. The van der Waals surface area contributed by atoms with E-state index in [1.54, 1.807) is 0 Å². The molecule has 0 aliphatic carbocycles. The Morgan fingerprint density at radius 1 is 1.50 bits per heavy atom. The third-order valence-electron chi connectivity index (χ3n) is 1.17. The molecule has 50 valence electrons. The minimum atomic E-state index is 0.0550. The molecule has 8 heavy (non-hydrogen) atoms. The van der Waals surface area contributed by atoms with Crippen LogP contribution in [-0.4, -0.2) is 5.60 Å². The second-order valence-electron chi connectivity index (χ2n) is 2.63. The summed E-state index contributed by atoms with van der Waals surface area (Å²) in [5, 5.41) is 0. The molecule has 1 unspecified atom stereocenters. The van der Waals surface area contributed by atoms with E-state index in [1.165, 1.54) is 6.42 Å². The minimum absolute atomic E-state index is 0.0550. The van der Waals surface area contributed by atoms with Crippen molar-refractivity contribution in [2.24, 2.45) is 0 Å². The smallest absolute Gasteiger partial charge is 0.0662 e. The molecule has 0 amide bonds. The summed E-state index contributed by atoms with van der Waals surface area (Å²) < 4.78 is 5.09. The van der Waals surface area contributed by atoms with Crippen molar-refractivity contribution in [3.05, 3.63) is 0 Å². The predicted octanol–water partition coefficient (Wildman–Crippen LogP) is 2.37. The van der Waals surface area contributed by atoms with Crippen molar-refractivity contribution in [2.45, 2.75) is 39.2 Å². The van der Waals surface area contributed by atoms with Crippen LogP contribution in [0.15, 0.2) is 0 Å². The molecule has 0 heterocycles. The van der Waals surface area contributed by atoms with Gasteiger partial charge in [-0.2, -0.15) is 0 Å². The maximum atomic E-state index is 5.09. The molecule has 0 aromatic carbocycles. The van der Waals surface area contributed by atoms with Gasteiger partial charge in [-0.25, -0.2) is 0 Å². The van der Waals surface area contributed by atoms with E-state index < -0.39 is 0 Å². The van der Waals surface area contributed by atoms with Crippen LogP contribution in [0.2, 0.25) is 0 Å². The number of hydrogen-bond acceptors (Lipinski definition) is 1. The molecule has 0 bridgehead atoms. The van der Waals surface area contributed by atoms with Crippen molar-refractivity contribution in [3.63, 3.8) is 0 Å². The number of rotatable bonds is 3. The van der Waals surface area contributed by atoms with Crippen molar-refractivity contribution in [3.8, 4) is 0 Å². The highest BCUT2D eigenvalue weighted by Crippen LogP contribution is 2.18. The molecule has 0 aliphatic heterocycles. The quantitative estimate of drug-likeness (QED) is 0.538. The first kappa shape index (κ1) is 8.39. The Hall–Kier alpha value is 0.390. The first-order valence-corrected chi connectivity index (χ1v) is 3.47. The lowest BCUT2D eigenvalue weighted by atomic mass is 10.0. The van der Waals surface area contributed by atoms with Crippen LogP contribution in [-0.2, 0) is 4.52 Å². The largest absolute Gasteiger partial charge is 0.360 e. The molecule has 0 radical (unpaired) electrons. The topological polar surface area (TPSA) is 9.23 Å². The zero-order valence-corrected chi connectivity index (χ0v) is 7.05. The van der Waals surface area contributed by atoms with Gasteiger partial charge >= 0.3 is 0 Å². The van der Waals surface area contributed by atoms with E-state index in [-0.39, 0.29) is 5.60 Å². The summed E-state index contributed by atoms with van der Waals surface area (Å²) >= 11 is 0. The number of hydrogen-bond donors (Lipinski definition) is 0. The first-order valence-electron chi connectivity index (χ1n) is 3.00.